The number of nitrogens with one attached hydrogen (secondary N) is 3. The zero-order valence-electron chi connectivity index (χ0n) is 18.5. The van der Waals surface area contributed by atoms with Crippen molar-refractivity contribution in [1.82, 2.24) is 25.9 Å². The largest absolute Gasteiger partial charge is 0.466 e. The van der Waals surface area contributed by atoms with Crippen LogP contribution in [-0.4, -0.2) is 51.7 Å². The summed E-state index contributed by atoms with van der Waals surface area (Å²) in [4.78, 5) is 39.1. The van der Waals surface area contributed by atoms with Crippen LogP contribution >= 0.6 is 0 Å². The van der Waals surface area contributed by atoms with Crippen LogP contribution in [0, 0.1) is 13.8 Å². The number of hydrogen-bond donors (Lipinski definition) is 3. The number of nitrogens with zero attached hydrogens (tertiary/aromatic N) is 2. The molecule has 3 heterocycles. The molecule has 2 aromatic rings. The van der Waals surface area contributed by atoms with Crippen molar-refractivity contribution in [2.75, 3.05) is 13.1 Å². The van der Waals surface area contributed by atoms with Gasteiger partial charge >= 0.3 is 6.09 Å². The Hall–Kier alpha value is -3.30. The van der Waals surface area contributed by atoms with Crippen LogP contribution in [0.5, 0.6) is 0 Å². The Balaban J connectivity index is 1.64. The first-order valence-electron chi connectivity index (χ1n) is 10.2. The molecular weight excluding hydrogens is 402 g/mol. The highest BCUT2D eigenvalue weighted by Crippen LogP contribution is 2.28. The van der Waals surface area contributed by atoms with Crippen LogP contribution in [0.25, 0.3) is 0 Å². The van der Waals surface area contributed by atoms with E-state index in [1.54, 1.807) is 24.8 Å². The Morgan fingerprint density at radius 2 is 1.87 bits per heavy atom. The number of amides is 3. The third-order valence-electron chi connectivity index (χ3n) is 4.97. The maximum Gasteiger partial charge on any atom is 0.410 e. The van der Waals surface area contributed by atoms with Gasteiger partial charge in [-0.2, -0.15) is 5.10 Å². The summed E-state index contributed by atoms with van der Waals surface area (Å²) < 4.78 is 10.8. The fourth-order valence-corrected chi connectivity index (χ4v) is 3.60. The Kier molecular flexibility index (Phi) is 6.37. The molecule has 0 aliphatic carbocycles. The Bertz CT molecular complexity index is 971. The predicted molar refractivity (Wildman–Crippen MR) is 111 cm³/mol. The number of aryl methyl sites for hydroxylation is 2. The lowest BCUT2D eigenvalue weighted by molar-refractivity contribution is 0.0197. The van der Waals surface area contributed by atoms with Gasteiger partial charge in [-0.1, -0.05) is 0 Å². The fourth-order valence-electron chi connectivity index (χ4n) is 3.60. The first kappa shape index (κ1) is 22.4. The molecular formula is C21H29N5O5. The molecule has 1 saturated heterocycles. The summed E-state index contributed by atoms with van der Waals surface area (Å²) in [5.41, 5.74) is 5.53. The van der Waals surface area contributed by atoms with Crippen molar-refractivity contribution < 1.29 is 23.5 Å². The van der Waals surface area contributed by atoms with Gasteiger partial charge in [-0.05, 0) is 53.5 Å². The first-order valence-corrected chi connectivity index (χ1v) is 10.2. The van der Waals surface area contributed by atoms with Crippen molar-refractivity contribution in [1.29, 1.82) is 0 Å². The van der Waals surface area contributed by atoms with Crippen molar-refractivity contribution >= 4 is 17.9 Å². The molecule has 1 unspecified atom stereocenters. The smallest absolute Gasteiger partial charge is 0.410 e. The van der Waals surface area contributed by atoms with Crippen molar-refractivity contribution in [2.45, 2.75) is 59.0 Å². The van der Waals surface area contributed by atoms with Crippen molar-refractivity contribution in [3.8, 4) is 0 Å². The molecule has 3 rings (SSSR count). The van der Waals surface area contributed by atoms with E-state index in [9.17, 15) is 14.4 Å². The molecule has 3 N–H and O–H groups in total. The topological polar surface area (TPSA) is 130 Å². The van der Waals surface area contributed by atoms with Crippen LogP contribution in [0.4, 0.5) is 4.79 Å². The van der Waals surface area contributed by atoms with E-state index in [-0.39, 0.29) is 12.0 Å². The van der Waals surface area contributed by atoms with Crippen molar-refractivity contribution in [2.24, 2.45) is 0 Å². The number of likely N-dealkylation sites (tertiary alicyclic amines) is 1. The number of aromatic nitrogens is 2. The van der Waals surface area contributed by atoms with Gasteiger partial charge in [0.05, 0.1) is 23.0 Å². The van der Waals surface area contributed by atoms with Gasteiger partial charge in [-0.25, -0.2) is 4.79 Å². The Morgan fingerprint density at radius 3 is 2.48 bits per heavy atom. The third-order valence-corrected chi connectivity index (χ3v) is 4.97. The van der Waals surface area contributed by atoms with Crippen molar-refractivity contribution in [3.05, 3.63) is 40.6 Å². The minimum Gasteiger partial charge on any atom is -0.466 e. The quantitative estimate of drug-likeness (QED) is 0.641. The van der Waals surface area contributed by atoms with E-state index >= 15 is 0 Å². The lowest BCUT2D eigenvalue weighted by Crippen LogP contribution is -2.43. The lowest BCUT2D eigenvalue weighted by atomic mass is 9.92. The Morgan fingerprint density at radius 1 is 1.19 bits per heavy atom. The van der Waals surface area contributed by atoms with Crippen LogP contribution in [0.1, 0.15) is 77.5 Å². The molecule has 1 aliphatic heterocycles. The monoisotopic (exact) mass is 431 g/mol. The number of carbonyl (C=O) groups excluding carboxylic acids is 3. The van der Waals surface area contributed by atoms with E-state index in [0.29, 0.717) is 41.4 Å². The first-order chi connectivity index (χ1) is 14.5. The SMILES string of the molecule is Cc1cc(C(=O)NNC(=O)c2cn[nH]c2C2CCCN(C(=O)OC(C)(C)C)C2)c(C)o1. The standard InChI is InChI=1S/C21H29N5O5/c1-12-9-15(13(2)30-12)18(27)24-25-19(28)16-10-22-23-17(16)14-7-6-8-26(11-14)20(29)31-21(3,4)5/h9-10,14H,6-8,11H2,1-5H3,(H,22,23)(H,24,27)(H,25,28). The van der Waals surface area contributed by atoms with E-state index < -0.39 is 17.4 Å². The minimum absolute atomic E-state index is 0.0982. The number of furan rings is 1. The summed E-state index contributed by atoms with van der Waals surface area (Å²) in [6.45, 7) is 9.90. The molecule has 10 heteroatoms. The summed E-state index contributed by atoms with van der Waals surface area (Å²) in [5, 5.41) is 6.88. The van der Waals surface area contributed by atoms with E-state index in [0.717, 1.165) is 12.8 Å². The van der Waals surface area contributed by atoms with Crippen LogP contribution in [0.15, 0.2) is 16.7 Å². The molecule has 0 aromatic carbocycles. The summed E-state index contributed by atoms with van der Waals surface area (Å²) in [7, 11) is 0. The molecule has 1 fully saturated rings. The van der Waals surface area contributed by atoms with Gasteiger partial charge in [0.2, 0.25) is 0 Å². The van der Waals surface area contributed by atoms with Gasteiger partial charge in [0.1, 0.15) is 17.1 Å². The average molecular weight is 431 g/mol. The number of ether oxygens (including phenoxy) is 1. The van der Waals surface area contributed by atoms with Gasteiger partial charge in [-0.15, -0.1) is 0 Å². The van der Waals surface area contributed by atoms with Crippen molar-refractivity contribution in [3.63, 3.8) is 0 Å². The number of rotatable bonds is 3. The van der Waals surface area contributed by atoms with E-state index in [2.05, 4.69) is 21.0 Å². The fraction of sp³-hybridized carbons (Fsp3) is 0.524. The normalized spacial score (nSPS) is 16.7. The Labute approximate surface area is 180 Å². The highest BCUT2D eigenvalue weighted by Gasteiger charge is 2.31. The summed E-state index contributed by atoms with van der Waals surface area (Å²) in [6, 6.07) is 1.60. The van der Waals surface area contributed by atoms with E-state index in [1.807, 2.05) is 20.8 Å². The van der Waals surface area contributed by atoms with Gasteiger partial charge in [0.15, 0.2) is 0 Å². The lowest BCUT2D eigenvalue weighted by Gasteiger charge is -2.34. The number of piperidine rings is 1. The molecule has 3 amide bonds. The molecule has 31 heavy (non-hydrogen) atoms. The molecule has 168 valence electrons. The highest BCUT2D eigenvalue weighted by molar-refractivity contribution is 6.00. The second kappa shape index (κ2) is 8.83. The minimum atomic E-state index is -0.576. The molecule has 1 aliphatic rings. The molecule has 0 radical (unpaired) electrons. The molecule has 0 saturated carbocycles. The third kappa shape index (κ3) is 5.44. The number of hydrogen-bond acceptors (Lipinski definition) is 6. The van der Waals surface area contributed by atoms with E-state index in [4.69, 9.17) is 9.15 Å². The second-order valence-corrected chi connectivity index (χ2v) is 8.70. The molecule has 0 spiro atoms. The number of aromatic amines is 1. The maximum absolute atomic E-state index is 12.7. The van der Waals surface area contributed by atoms with Gasteiger partial charge in [-0.3, -0.25) is 25.5 Å². The van der Waals surface area contributed by atoms with Gasteiger partial charge in [0.25, 0.3) is 11.8 Å². The van der Waals surface area contributed by atoms with Crippen LogP contribution in [0.3, 0.4) is 0 Å². The zero-order valence-corrected chi connectivity index (χ0v) is 18.5. The van der Waals surface area contributed by atoms with Crippen LogP contribution in [0.2, 0.25) is 0 Å². The maximum atomic E-state index is 12.7. The number of H-pyrrole nitrogens is 1. The summed E-state index contributed by atoms with van der Waals surface area (Å²) in [6.07, 6.45) is 2.61. The predicted octanol–water partition coefficient (Wildman–Crippen LogP) is 2.81. The molecule has 1 atom stereocenters. The zero-order chi connectivity index (χ0) is 22.8. The molecule has 10 nitrogen and oxygen atoms in total. The summed E-state index contributed by atoms with van der Waals surface area (Å²) in [5.74, 6) is 0.0143. The average Bonchev–Trinajstić information content (AvgIpc) is 3.31. The summed E-state index contributed by atoms with van der Waals surface area (Å²) >= 11 is 0. The van der Waals surface area contributed by atoms with E-state index in [1.165, 1.54) is 6.20 Å². The second-order valence-electron chi connectivity index (χ2n) is 8.70. The van der Waals surface area contributed by atoms with Crippen LogP contribution < -0.4 is 10.9 Å². The molecule has 0 bridgehead atoms. The van der Waals surface area contributed by atoms with Gasteiger partial charge < -0.3 is 14.1 Å². The number of carbonyl (C=O) groups is 3. The molecule has 2 aromatic heterocycles. The van der Waals surface area contributed by atoms with Crippen LogP contribution in [-0.2, 0) is 4.74 Å². The van der Waals surface area contributed by atoms with Gasteiger partial charge in [0, 0.05) is 19.0 Å². The number of hydrazine groups is 1. The highest BCUT2D eigenvalue weighted by atomic mass is 16.6.